The quantitative estimate of drug-likeness (QED) is 0.877. The molecule has 0 atom stereocenters. The molecule has 0 aliphatic heterocycles. The number of hydrogen-bond acceptors (Lipinski definition) is 3. The number of rotatable bonds is 3. The fourth-order valence-electron chi connectivity index (χ4n) is 1.57. The lowest BCUT2D eigenvalue weighted by Gasteiger charge is -2.03. The van der Waals surface area contributed by atoms with Crippen LogP contribution in [0.15, 0.2) is 35.3 Å². The molecule has 88 valence electrons. The molecule has 0 aliphatic rings. The lowest BCUT2D eigenvalue weighted by Crippen LogP contribution is -2.13. The SMILES string of the molecule is CCc1cnc(-c2ccc(OC)cc2)[nH]c1=O. The van der Waals surface area contributed by atoms with E-state index in [0.717, 1.165) is 11.3 Å². The van der Waals surface area contributed by atoms with E-state index in [1.165, 1.54) is 0 Å². The van der Waals surface area contributed by atoms with Crippen molar-refractivity contribution in [2.24, 2.45) is 0 Å². The van der Waals surface area contributed by atoms with E-state index in [-0.39, 0.29) is 5.56 Å². The van der Waals surface area contributed by atoms with Crippen LogP contribution in [0.4, 0.5) is 0 Å². The topological polar surface area (TPSA) is 55.0 Å². The predicted molar refractivity (Wildman–Crippen MR) is 66.2 cm³/mol. The van der Waals surface area contributed by atoms with E-state index in [4.69, 9.17) is 4.74 Å². The third-order valence-corrected chi connectivity index (χ3v) is 2.62. The molecule has 4 heteroatoms. The monoisotopic (exact) mass is 230 g/mol. The van der Waals surface area contributed by atoms with Gasteiger partial charge in [-0.05, 0) is 30.7 Å². The Bertz CT molecular complexity index is 558. The van der Waals surface area contributed by atoms with Crippen LogP contribution in [0.2, 0.25) is 0 Å². The van der Waals surface area contributed by atoms with Gasteiger partial charge < -0.3 is 9.72 Å². The summed E-state index contributed by atoms with van der Waals surface area (Å²) in [6.45, 7) is 1.93. The Morgan fingerprint density at radius 1 is 1.29 bits per heavy atom. The zero-order valence-corrected chi connectivity index (χ0v) is 9.86. The highest BCUT2D eigenvalue weighted by molar-refractivity contribution is 5.55. The number of aryl methyl sites for hydroxylation is 1. The number of nitrogens with one attached hydrogen (secondary N) is 1. The van der Waals surface area contributed by atoms with Crippen LogP contribution in [0, 0.1) is 0 Å². The maximum atomic E-state index is 11.6. The van der Waals surface area contributed by atoms with Crippen molar-refractivity contribution in [2.75, 3.05) is 7.11 Å². The number of nitrogens with zero attached hydrogens (tertiary/aromatic N) is 1. The van der Waals surface area contributed by atoms with Crippen LogP contribution >= 0.6 is 0 Å². The van der Waals surface area contributed by atoms with E-state index in [2.05, 4.69) is 9.97 Å². The van der Waals surface area contributed by atoms with Gasteiger partial charge in [0, 0.05) is 17.3 Å². The molecule has 0 radical (unpaired) electrons. The third-order valence-electron chi connectivity index (χ3n) is 2.62. The predicted octanol–water partition coefficient (Wildman–Crippen LogP) is 2.01. The lowest BCUT2D eigenvalue weighted by molar-refractivity contribution is 0.415. The van der Waals surface area contributed by atoms with Gasteiger partial charge in [0.15, 0.2) is 0 Å². The summed E-state index contributed by atoms with van der Waals surface area (Å²) in [4.78, 5) is 18.7. The highest BCUT2D eigenvalue weighted by Crippen LogP contribution is 2.17. The summed E-state index contributed by atoms with van der Waals surface area (Å²) in [5, 5.41) is 0. The summed E-state index contributed by atoms with van der Waals surface area (Å²) in [6.07, 6.45) is 2.31. The lowest BCUT2D eigenvalue weighted by atomic mass is 10.2. The molecule has 0 fully saturated rings. The number of methoxy groups -OCH3 is 1. The largest absolute Gasteiger partial charge is 0.497 e. The van der Waals surface area contributed by atoms with E-state index in [9.17, 15) is 4.79 Å². The molecule has 17 heavy (non-hydrogen) atoms. The second-order valence-electron chi connectivity index (χ2n) is 3.67. The van der Waals surface area contributed by atoms with Crippen LogP contribution < -0.4 is 10.3 Å². The molecule has 0 aliphatic carbocycles. The summed E-state index contributed by atoms with van der Waals surface area (Å²) in [5.74, 6) is 1.36. The molecule has 0 amide bonds. The van der Waals surface area contributed by atoms with Crippen molar-refractivity contribution >= 4 is 0 Å². The summed E-state index contributed by atoms with van der Waals surface area (Å²) in [6, 6.07) is 7.40. The standard InChI is InChI=1S/C13H14N2O2/c1-3-9-8-14-12(15-13(9)16)10-4-6-11(17-2)7-5-10/h4-8H,3H2,1-2H3,(H,14,15,16). The average Bonchev–Trinajstić information content (AvgIpc) is 2.39. The Balaban J connectivity index is 2.39. The second kappa shape index (κ2) is 4.82. The first-order chi connectivity index (χ1) is 8.24. The van der Waals surface area contributed by atoms with Gasteiger partial charge in [-0.2, -0.15) is 0 Å². The van der Waals surface area contributed by atoms with Gasteiger partial charge in [0.25, 0.3) is 5.56 Å². The van der Waals surface area contributed by atoms with Crippen LogP contribution in [0.5, 0.6) is 5.75 Å². The molecule has 2 aromatic rings. The molecular weight excluding hydrogens is 216 g/mol. The van der Waals surface area contributed by atoms with Gasteiger partial charge in [0.1, 0.15) is 11.6 Å². The van der Waals surface area contributed by atoms with Gasteiger partial charge in [-0.15, -0.1) is 0 Å². The molecule has 4 nitrogen and oxygen atoms in total. The van der Waals surface area contributed by atoms with Crippen LogP contribution in [0.3, 0.4) is 0 Å². The van der Waals surface area contributed by atoms with E-state index in [1.807, 2.05) is 31.2 Å². The smallest absolute Gasteiger partial charge is 0.254 e. The molecule has 0 spiro atoms. The molecule has 1 aromatic carbocycles. The Labute approximate surface area is 99.3 Å². The van der Waals surface area contributed by atoms with E-state index in [0.29, 0.717) is 17.8 Å². The second-order valence-corrected chi connectivity index (χ2v) is 3.67. The Morgan fingerprint density at radius 3 is 2.53 bits per heavy atom. The number of aromatic nitrogens is 2. The van der Waals surface area contributed by atoms with Gasteiger partial charge in [0.05, 0.1) is 7.11 Å². The normalized spacial score (nSPS) is 10.2. The summed E-state index contributed by atoms with van der Waals surface area (Å²) in [5.41, 5.74) is 1.49. The van der Waals surface area contributed by atoms with Gasteiger partial charge in [0.2, 0.25) is 0 Å². The zero-order chi connectivity index (χ0) is 12.3. The highest BCUT2D eigenvalue weighted by atomic mass is 16.5. The molecule has 0 saturated heterocycles. The van der Waals surface area contributed by atoms with E-state index in [1.54, 1.807) is 13.3 Å². The first-order valence-corrected chi connectivity index (χ1v) is 5.47. The third kappa shape index (κ3) is 2.36. The molecule has 1 N–H and O–H groups in total. The van der Waals surface area contributed by atoms with Crippen molar-refractivity contribution < 1.29 is 4.74 Å². The van der Waals surface area contributed by atoms with Crippen LogP contribution in [0.1, 0.15) is 12.5 Å². The molecule has 1 heterocycles. The van der Waals surface area contributed by atoms with Crippen molar-refractivity contribution in [1.29, 1.82) is 0 Å². The molecule has 0 unspecified atom stereocenters. The van der Waals surface area contributed by atoms with Crippen molar-refractivity contribution in [3.8, 4) is 17.1 Å². The molecule has 2 rings (SSSR count). The maximum absolute atomic E-state index is 11.6. The summed E-state index contributed by atoms with van der Waals surface area (Å²) in [7, 11) is 1.62. The van der Waals surface area contributed by atoms with Crippen LogP contribution in [-0.2, 0) is 6.42 Å². The first kappa shape index (κ1) is 11.4. The summed E-state index contributed by atoms with van der Waals surface area (Å²) < 4.78 is 5.07. The molecule has 0 saturated carbocycles. The Kier molecular flexibility index (Phi) is 3.23. The maximum Gasteiger partial charge on any atom is 0.254 e. The van der Waals surface area contributed by atoms with Crippen molar-refractivity contribution in [3.63, 3.8) is 0 Å². The highest BCUT2D eigenvalue weighted by Gasteiger charge is 2.03. The number of aromatic amines is 1. The number of H-pyrrole nitrogens is 1. The van der Waals surface area contributed by atoms with Crippen LogP contribution in [0.25, 0.3) is 11.4 Å². The van der Waals surface area contributed by atoms with Gasteiger partial charge in [-0.3, -0.25) is 4.79 Å². The number of ether oxygens (including phenoxy) is 1. The van der Waals surface area contributed by atoms with Crippen LogP contribution in [-0.4, -0.2) is 17.1 Å². The van der Waals surface area contributed by atoms with Gasteiger partial charge >= 0.3 is 0 Å². The minimum Gasteiger partial charge on any atom is -0.497 e. The number of hydrogen-bond donors (Lipinski definition) is 1. The van der Waals surface area contributed by atoms with Gasteiger partial charge in [-0.25, -0.2) is 4.98 Å². The fourth-order valence-corrected chi connectivity index (χ4v) is 1.57. The minimum atomic E-state index is -0.0756. The number of benzene rings is 1. The first-order valence-electron chi connectivity index (χ1n) is 5.47. The van der Waals surface area contributed by atoms with E-state index >= 15 is 0 Å². The minimum absolute atomic E-state index is 0.0756. The summed E-state index contributed by atoms with van der Waals surface area (Å²) >= 11 is 0. The van der Waals surface area contributed by atoms with Crippen molar-refractivity contribution in [2.45, 2.75) is 13.3 Å². The molecular formula is C13H14N2O2. The van der Waals surface area contributed by atoms with E-state index < -0.39 is 0 Å². The Hall–Kier alpha value is -2.10. The fraction of sp³-hybridized carbons (Fsp3) is 0.231. The molecule has 0 bridgehead atoms. The zero-order valence-electron chi connectivity index (χ0n) is 9.86. The van der Waals surface area contributed by atoms with Crippen molar-refractivity contribution in [1.82, 2.24) is 9.97 Å². The van der Waals surface area contributed by atoms with Gasteiger partial charge in [-0.1, -0.05) is 6.92 Å². The molecule has 1 aromatic heterocycles. The average molecular weight is 230 g/mol. The Morgan fingerprint density at radius 2 is 2.00 bits per heavy atom. The van der Waals surface area contributed by atoms with Crippen molar-refractivity contribution in [3.05, 3.63) is 46.4 Å².